The molecule has 0 saturated carbocycles. The molecule has 3 aromatic heterocycles. The molecule has 1 unspecified atom stereocenters. The largest absolute Gasteiger partial charge is 0.370 e. The zero-order valence-electron chi connectivity index (χ0n) is 13.4. The Morgan fingerprint density at radius 2 is 2.29 bits per heavy atom. The lowest BCUT2D eigenvalue weighted by molar-refractivity contribution is 0.0393. The number of ether oxygens (including phenoxy) is 1. The number of nitrogens with zero attached hydrogens (tertiary/aromatic N) is 3. The summed E-state index contributed by atoms with van der Waals surface area (Å²) in [6.07, 6.45) is 4.91. The third-order valence-electron chi connectivity index (χ3n) is 4.12. The van der Waals surface area contributed by atoms with Crippen molar-refractivity contribution in [2.45, 2.75) is 25.6 Å². The summed E-state index contributed by atoms with van der Waals surface area (Å²) >= 11 is 1.77. The summed E-state index contributed by atoms with van der Waals surface area (Å²) < 4.78 is 7.92. The van der Waals surface area contributed by atoms with Crippen LogP contribution in [0.2, 0.25) is 0 Å². The van der Waals surface area contributed by atoms with Crippen molar-refractivity contribution in [2.24, 2.45) is 0 Å². The molecule has 0 fully saturated rings. The molecule has 0 aliphatic carbocycles. The van der Waals surface area contributed by atoms with Crippen LogP contribution in [-0.4, -0.2) is 27.9 Å². The average Bonchev–Trinajstić information content (AvgIpc) is 3.25. The molecule has 24 heavy (non-hydrogen) atoms. The topological polar surface area (TPSA) is 52.0 Å². The Labute approximate surface area is 145 Å². The van der Waals surface area contributed by atoms with Gasteiger partial charge in [-0.2, -0.15) is 5.10 Å². The van der Waals surface area contributed by atoms with Crippen molar-refractivity contribution in [3.05, 3.63) is 69.9 Å². The number of nitrogens with one attached hydrogen (secondary N) is 1. The van der Waals surface area contributed by atoms with E-state index in [1.165, 1.54) is 10.4 Å². The fourth-order valence-electron chi connectivity index (χ4n) is 2.97. The van der Waals surface area contributed by atoms with Gasteiger partial charge >= 0.3 is 0 Å². The highest BCUT2D eigenvalue weighted by molar-refractivity contribution is 7.09. The van der Waals surface area contributed by atoms with E-state index in [-0.39, 0.29) is 6.10 Å². The highest BCUT2D eigenvalue weighted by Gasteiger charge is 2.24. The molecule has 0 amide bonds. The molecular weight excluding hydrogens is 320 g/mol. The first-order valence-corrected chi connectivity index (χ1v) is 9.07. The Kier molecular flexibility index (Phi) is 4.69. The quantitative estimate of drug-likeness (QED) is 0.750. The molecule has 3 aromatic rings. The van der Waals surface area contributed by atoms with E-state index in [2.05, 4.69) is 34.0 Å². The summed E-state index contributed by atoms with van der Waals surface area (Å²) in [6.45, 7) is 3.11. The summed E-state index contributed by atoms with van der Waals surface area (Å²) in [5, 5.41) is 10.3. The van der Waals surface area contributed by atoms with Gasteiger partial charge in [-0.1, -0.05) is 12.1 Å². The zero-order valence-corrected chi connectivity index (χ0v) is 14.2. The number of hydrogen-bond acceptors (Lipinski definition) is 5. The van der Waals surface area contributed by atoms with Crippen molar-refractivity contribution in [3.63, 3.8) is 0 Å². The molecule has 6 heteroatoms. The van der Waals surface area contributed by atoms with Gasteiger partial charge in [-0.25, -0.2) is 0 Å². The van der Waals surface area contributed by atoms with E-state index < -0.39 is 0 Å². The predicted molar refractivity (Wildman–Crippen MR) is 94.0 cm³/mol. The molecular formula is C18H20N4OS. The summed E-state index contributed by atoms with van der Waals surface area (Å²) in [4.78, 5) is 5.71. The van der Waals surface area contributed by atoms with Crippen LogP contribution in [0.3, 0.4) is 0 Å². The van der Waals surface area contributed by atoms with Gasteiger partial charge in [-0.15, -0.1) is 11.3 Å². The second kappa shape index (κ2) is 7.25. The first kappa shape index (κ1) is 15.5. The van der Waals surface area contributed by atoms with Gasteiger partial charge in [0, 0.05) is 30.4 Å². The minimum atomic E-state index is 0.0266. The molecule has 0 spiro atoms. The van der Waals surface area contributed by atoms with Crippen LogP contribution in [0.15, 0.2) is 48.1 Å². The van der Waals surface area contributed by atoms with E-state index in [9.17, 15) is 0 Å². The number of hydrogen-bond donors (Lipinski definition) is 1. The average molecular weight is 340 g/mol. The van der Waals surface area contributed by atoms with Crippen molar-refractivity contribution < 1.29 is 4.74 Å². The van der Waals surface area contributed by atoms with E-state index >= 15 is 0 Å². The summed E-state index contributed by atoms with van der Waals surface area (Å²) in [5.74, 6) is 0. The molecule has 0 bridgehead atoms. The molecule has 0 radical (unpaired) electrons. The molecule has 1 atom stereocenters. The lowest BCUT2D eigenvalue weighted by Gasteiger charge is -2.22. The maximum Gasteiger partial charge on any atom is 0.114 e. The van der Waals surface area contributed by atoms with Crippen molar-refractivity contribution >= 4 is 11.3 Å². The Morgan fingerprint density at radius 3 is 3.12 bits per heavy atom. The predicted octanol–water partition coefficient (Wildman–Crippen LogP) is 2.79. The SMILES string of the molecule is c1ccc(Cn2cc3c(n2)C(CNCc2cccs2)OCC3)nc1. The van der Waals surface area contributed by atoms with E-state index in [1.807, 2.05) is 29.1 Å². The van der Waals surface area contributed by atoms with Crippen LogP contribution >= 0.6 is 11.3 Å². The van der Waals surface area contributed by atoms with Gasteiger partial charge in [-0.3, -0.25) is 9.67 Å². The minimum absolute atomic E-state index is 0.0266. The lowest BCUT2D eigenvalue weighted by atomic mass is 10.1. The van der Waals surface area contributed by atoms with E-state index in [0.29, 0.717) is 6.54 Å². The Morgan fingerprint density at radius 1 is 1.29 bits per heavy atom. The van der Waals surface area contributed by atoms with Crippen molar-refractivity contribution in [3.8, 4) is 0 Å². The highest BCUT2D eigenvalue weighted by Crippen LogP contribution is 2.25. The van der Waals surface area contributed by atoms with Crippen molar-refractivity contribution in [1.82, 2.24) is 20.1 Å². The van der Waals surface area contributed by atoms with Gasteiger partial charge in [0.25, 0.3) is 0 Å². The summed E-state index contributed by atoms with van der Waals surface area (Å²) in [5.41, 5.74) is 3.38. The fraction of sp³-hybridized carbons (Fsp3) is 0.333. The summed E-state index contributed by atoms with van der Waals surface area (Å²) in [7, 11) is 0. The number of pyridine rings is 1. The number of thiophene rings is 1. The molecule has 1 aliphatic heterocycles. The maximum atomic E-state index is 5.94. The maximum absolute atomic E-state index is 5.94. The normalized spacial score (nSPS) is 16.9. The van der Waals surface area contributed by atoms with Gasteiger partial charge in [-0.05, 0) is 35.6 Å². The zero-order chi connectivity index (χ0) is 16.2. The second-order valence-electron chi connectivity index (χ2n) is 5.88. The summed E-state index contributed by atoms with van der Waals surface area (Å²) in [6, 6.07) is 10.2. The highest BCUT2D eigenvalue weighted by atomic mass is 32.1. The van der Waals surface area contributed by atoms with E-state index in [0.717, 1.165) is 37.5 Å². The molecule has 124 valence electrons. The van der Waals surface area contributed by atoms with Crippen LogP contribution in [0.4, 0.5) is 0 Å². The third kappa shape index (κ3) is 3.56. The van der Waals surface area contributed by atoms with Gasteiger partial charge in [0.05, 0.1) is 24.5 Å². The van der Waals surface area contributed by atoms with E-state index in [1.54, 1.807) is 11.3 Å². The number of aromatic nitrogens is 3. The molecule has 0 saturated heterocycles. The Balaban J connectivity index is 1.42. The lowest BCUT2D eigenvalue weighted by Crippen LogP contribution is -2.27. The third-order valence-corrected chi connectivity index (χ3v) is 5.00. The first-order valence-electron chi connectivity index (χ1n) is 8.19. The molecule has 1 N–H and O–H groups in total. The Hall–Kier alpha value is -2.02. The van der Waals surface area contributed by atoms with Crippen LogP contribution < -0.4 is 5.32 Å². The van der Waals surface area contributed by atoms with Gasteiger partial charge in [0.1, 0.15) is 6.10 Å². The first-order chi connectivity index (χ1) is 11.9. The van der Waals surface area contributed by atoms with Crippen molar-refractivity contribution in [2.75, 3.05) is 13.2 Å². The number of fused-ring (bicyclic) bond motifs is 1. The molecule has 5 nitrogen and oxygen atoms in total. The smallest absolute Gasteiger partial charge is 0.114 e. The second-order valence-corrected chi connectivity index (χ2v) is 6.91. The standard InChI is InChI=1S/C18H20N4OS/c1-2-7-20-15(4-1)13-22-12-14-6-8-23-17(18(14)21-22)11-19-10-16-5-3-9-24-16/h1-5,7,9,12,17,19H,6,8,10-11,13H2. The molecule has 0 aromatic carbocycles. The molecule has 4 heterocycles. The fourth-order valence-corrected chi connectivity index (χ4v) is 3.64. The van der Waals surface area contributed by atoms with E-state index in [4.69, 9.17) is 9.84 Å². The monoisotopic (exact) mass is 340 g/mol. The van der Waals surface area contributed by atoms with Crippen LogP contribution in [0.1, 0.15) is 27.9 Å². The van der Waals surface area contributed by atoms with Gasteiger partial charge in [0.15, 0.2) is 0 Å². The minimum Gasteiger partial charge on any atom is -0.370 e. The van der Waals surface area contributed by atoms with Crippen LogP contribution in [-0.2, 0) is 24.2 Å². The van der Waals surface area contributed by atoms with Crippen molar-refractivity contribution in [1.29, 1.82) is 0 Å². The molecule has 4 rings (SSSR count). The van der Waals surface area contributed by atoms with Gasteiger partial charge < -0.3 is 10.1 Å². The number of rotatable bonds is 6. The van der Waals surface area contributed by atoms with Crippen LogP contribution in [0.5, 0.6) is 0 Å². The van der Waals surface area contributed by atoms with Crippen LogP contribution in [0.25, 0.3) is 0 Å². The van der Waals surface area contributed by atoms with Gasteiger partial charge in [0.2, 0.25) is 0 Å². The van der Waals surface area contributed by atoms with Crippen LogP contribution in [0, 0.1) is 0 Å². The Bertz CT molecular complexity index is 770. The molecule has 1 aliphatic rings.